The number of nitrogens with two attached hydrogens (primary N) is 1. The third-order valence-corrected chi connectivity index (χ3v) is 6.69. The van der Waals surface area contributed by atoms with E-state index in [9.17, 15) is 0 Å². The first-order valence-electron chi connectivity index (χ1n) is 11.9. The average molecular weight is 449 g/mol. The van der Waals surface area contributed by atoms with E-state index in [4.69, 9.17) is 15.7 Å². The van der Waals surface area contributed by atoms with E-state index in [1.807, 2.05) is 12.4 Å². The van der Waals surface area contributed by atoms with Crippen molar-refractivity contribution in [2.24, 2.45) is 5.73 Å². The van der Waals surface area contributed by atoms with Crippen LogP contribution in [0, 0.1) is 0 Å². The fraction of sp³-hybridized carbons (Fsp3) is 0.214. The second kappa shape index (κ2) is 8.89. The molecule has 6 rings (SSSR count). The van der Waals surface area contributed by atoms with Crippen LogP contribution in [0.15, 0.2) is 73.1 Å². The number of rotatable bonds is 8. The highest BCUT2D eigenvalue weighted by Crippen LogP contribution is 2.29. The van der Waals surface area contributed by atoms with Crippen molar-refractivity contribution >= 4 is 43.6 Å². The van der Waals surface area contributed by atoms with Gasteiger partial charge in [0.25, 0.3) is 0 Å². The number of pyridine rings is 2. The fourth-order valence-corrected chi connectivity index (χ4v) is 5.02. The number of aromatic nitrogens is 4. The van der Waals surface area contributed by atoms with Gasteiger partial charge in [0.2, 0.25) is 0 Å². The molecule has 2 aromatic carbocycles. The molecule has 0 atom stereocenters. The zero-order chi connectivity index (χ0) is 22.9. The van der Waals surface area contributed by atoms with Gasteiger partial charge in [-0.25, -0.2) is 0 Å². The minimum absolute atomic E-state index is 0.708. The highest BCUT2D eigenvalue weighted by Gasteiger charge is 2.16. The van der Waals surface area contributed by atoms with Gasteiger partial charge in [-0.15, -0.1) is 0 Å². The standard InChI is InChI=1S/C28H28N6/c29-13-5-6-16-34(17-25-27-21(11-14-30-25)19-7-1-3-9-23(19)32-27)18-26-28-22(12-15-31-26)20-8-2-4-10-24(20)33-28/h1-4,7-12,14-15,32-33H,5-6,13,16-18,29H2. The van der Waals surface area contributed by atoms with Crippen molar-refractivity contribution in [3.8, 4) is 0 Å². The van der Waals surface area contributed by atoms with Crippen LogP contribution < -0.4 is 5.73 Å². The van der Waals surface area contributed by atoms with Crippen LogP contribution >= 0.6 is 0 Å². The molecule has 4 heterocycles. The van der Waals surface area contributed by atoms with Gasteiger partial charge >= 0.3 is 0 Å². The lowest BCUT2D eigenvalue weighted by Crippen LogP contribution is -2.26. The first-order valence-corrected chi connectivity index (χ1v) is 11.9. The van der Waals surface area contributed by atoms with Gasteiger partial charge in [0, 0.05) is 58.1 Å². The summed E-state index contributed by atoms with van der Waals surface area (Å²) in [6.07, 6.45) is 5.89. The normalized spacial score (nSPS) is 12.1. The summed E-state index contributed by atoms with van der Waals surface area (Å²) in [5.74, 6) is 0. The van der Waals surface area contributed by atoms with Crippen LogP contribution in [0.1, 0.15) is 24.2 Å². The molecule has 0 bridgehead atoms. The van der Waals surface area contributed by atoms with Crippen LogP contribution in [0.3, 0.4) is 0 Å². The Balaban J connectivity index is 1.37. The van der Waals surface area contributed by atoms with Crippen LogP contribution in [0.5, 0.6) is 0 Å². The van der Waals surface area contributed by atoms with Gasteiger partial charge in [0.05, 0.1) is 22.4 Å². The van der Waals surface area contributed by atoms with Crippen molar-refractivity contribution in [2.75, 3.05) is 13.1 Å². The Morgan fingerprint density at radius 1 is 0.647 bits per heavy atom. The summed E-state index contributed by atoms with van der Waals surface area (Å²) in [7, 11) is 0. The third-order valence-electron chi connectivity index (χ3n) is 6.69. The highest BCUT2D eigenvalue weighted by atomic mass is 15.1. The molecule has 0 radical (unpaired) electrons. The Labute approximate surface area is 197 Å². The predicted octanol–water partition coefficient (Wildman–Crippen LogP) is 5.49. The van der Waals surface area contributed by atoms with Crippen molar-refractivity contribution in [2.45, 2.75) is 25.9 Å². The maximum atomic E-state index is 5.80. The minimum atomic E-state index is 0.708. The number of nitrogens with one attached hydrogen (secondary N) is 2. The van der Waals surface area contributed by atoms with E-state index in [2.05, 4.69) is 75.5 Å². The van der Waals surface area contributed by atoms with Crippen LogP contribution in [0.25, 0.3) is 43.6 Å². The number of hydrogen-bond acceptors (Lipinski definition) is 4. The molecule has 0 aliphatic heterocycles. The lowest BCUT2D eigenvalue weighted by atomic mass is 10.1. The Kier molecular flexibility index (Phi) is 5.45. The smallest absolute Gasteiger partial charge is 0.0784 e. The Morgan fingerprint density at radius 2 is 1.18 bits per heavy atom. The SMILES string of the molecule is NCCCCN(Cc1nccc2c1[nH]c1ccccc12)Cc1nccc2c1[nH]c1ccccc12. The van der Waals surface area contributed by atoms with Gasteiger partial charge in [-0.05, 0) is 50.2 Å². The minimum Gasteiger partial charge on any atom is -0.353 e. The van der Waals surface area contributed by atoms with Crippen LogP contribution in [0.2, 0.25) is 0 Å². The summed E-state index contributed by atoms with van der Waals surface area (Å²) in [5.41, 5.74) is 12.4. The Hall–Kier alpha value is -3.74. The summed E-state index contributed by atoms with van der Waals surface area (Å²) >= 11 is 0. The number of fused-ring (bicyclic) bond motifs is 6. The maximum absolute atomic E-state index is 5.80. The van der Waals surface area contributed by atoms with Crippen LogP contribution in [-0.2, 0) is 13.1 Å². The fourth-order valence-electron chi connectivity index (χ4n) is 5.02. The van der Waals surface area contributed by atoms with Gasteiger partial charge in [-0.3, -0.25) is 14.9 Å². The molecule has 170 valence electrons. The number of nitrogens with zero attached hydrogens (tertiary/aromatic N) is 3. The van der Waals surface area contributed by atoms with Crippen LogP contribution in [-0.4, -0.2) is 37.9 Å². The van der Waals surface area contributed by atoms with Gasteiger partial charge < -0.3 is 15.7 Å². The first-order chi connectivity index (χ1) is 16.8. The molecule has 0 fully saturated rings. The van der Waals surface area contributed by atoms with Gasteiger partial charge in [-0.1, -0.05) is 36.4 Å². The summed E-state index contributed by atoms with van der Waals surface area (Å²) < 4.78 is 0. The Morgan fingerprint density at radius 3 is 1.71 bits per heavy atom. The van der Waals surface area contributed by atoms with Gasteiger partial charge in [0.1, 0.15) is 0 Å². The highest BCUT2D eigenvalue weighted by molar-refractivity contribution is 6.08. The molecular formula is C28H28N6. The molecular weight excluding hydrogens is 420 g/mol. The van der Waals surface area contributed by atoms with Crippen LogP contribution in [0.4, 0.5) is 0 Å². The number of unbranched alkanes of at least 4 members (excludes halogenated alkanes) is 1. The summed E-state index contributed by atoms with van der Waals surface area (Å²) in [4.78, 5) is 19.2. The number of benzene rings is 2. The number of para-hydroxylation sites is 2. The summed E-state index contributed by atoms with van der Waals surface area (Å²) in [6, 6.07) is 21.1. The third kappa shape index (κ3) is 3.71. The first kappa shape index (κ1) is 20.8. The average Bonchev–Trinajstić information content (AvgIpc) is 3.44. The van der Waals surface area contributed by atoms with Crippen molar-refractivity contribution in [3.63, 3.8) is 0 Å². The van der Waals surface area contributed by atoms with Gasteiger partial charge in [0.15, 0.2) is 0 Å². The van der Waals surface area contributed by atoms with E-state index in [0.717, 1.165) is 65.9 Å². The molecule has 0 saturated heterocycles. The summed E-state index contributed by atoms with van der Waals surface area (Å²) in [6.45, 7) is 3.13. The number of H-pyrrole nitrogens is 2. The molecule has 4 aromatic heterocycles. The molecule has 0 aliphatic carbocycles. The molecule has 6 aromatic rings. The lowest BCUT2D eigenvalue weighted by molar-refractivity contribution is 0.248. The molecule has 4 N–H and O–H groups in total. The van der Waals surface area contributed by atoms with E-state index in [-0.39, 0.29) is 0 Å². The quantitative estimate of drug-likeness (QED) is 0.269. The van der Waals surface area contributed by atoms with Crippen molar-refractivity contribution < 1.29 is 0 Å². The van der Waals surface area contributed by atoms with E-state index < -0.39 is 0 Å². The largest absolute Gasteiger partial charge is 0.353 e. The van der Waals surface area contributed by atoms with E-state index in [1.165, 1.54) is 21.5 Å². The molecule has 6 nitrogen and oxygen atoms in total. The second-order valence-corrected chi connectivity index (χ2v) is 8.91. The van der Waals surface area contributed by atoms with E-state index in [1.54, 1.807) is 0 Å². The van der Waals surface area contributed by atoms with E-state index in [0.29, 0.717) is 6.54 Å². The predicted molar refractivity (Wildman–Crippen MR) is 140 cm³/mol. The molecule has 0 amide bonds. The van der Waals surface area contributed by atoms with Gasteiger partial charge in [-0.2, -0.15) is 0 Å². The maximum Gasteiger partial charge on any atom is 0.0784 e. The molecule has 0 spiro atoms. The van der Waals surface area contributed by atoms with E-state index >= 15 is 0 Å². The zero-order valence-corrected chi connectivity index (χ0v) is 19.1. The molecule has 34 heavy (non-hydrogen) atoms. The Bertz CT molecular complexity index is 1480. The van der Waals surface area contributed by atoms with Crippen molar-refractivity contribution in [1.82, 2.24) is 24.8 Å². The zero-order valence-electron chi connectivity index (χ0n) is 19.1. The number of hydrogen-bond donors (Lipinski definition) is 3. The van der Waals surface area contributed by atoms with Crippen molar-refractivity contribution in [3.05, 3.63) is 84.4 Å². The molecule has 0 aliphatic rings. The summed E-state index contributed by atoms with van der Waals surface area (Å²) in [5, 5.41) is 4.91. The molecule has 0 saturated carbocycles. The topological polar surface area (TPSA) is 86.6 Å². The lowest BCUT2D eigenvalue weighted by Gasteiger charge is -2.22. The monoisotopic (exact) mass is 448 g/mol. The number of aromatic amines is 2. The van der Waals surface area contributed by atoms with Crippen molar-refractivity contribution in [1.29, 1.82) is 0 Å². The molecule has 6 heteroatoms. The second-order valence-electron chi connectivity index (χ2n) is 8.91. The molecule has 0 unspecified atom stereocenters.